The fraction of sp³-hybridized carbons (Fsp3) is 0.357. The fourth-order valence-corrected chi connectivity index (χ4v) is 5.35. The number of nitrogens with zero attached hydrogens (tertiary/aromatic N) is 4. The van der Waals surface area contributed by atoms with Gasteiger partial charge in [-0.15, -0.1) is 0 Å². The lowest BCUT2D eigenvalue weighted by atomic mass is 9.94. The molecule has 2 N–H and O–H groups in total. The number of carbonyl (C=O) groups is 3. The summed E-state index contributed by atoms with van der Waals surface area (Å²) in [6.45, 7) is 3.48. The Balaban J connectivity index is 1.42. The lowest BCUT2D eigenvalue weighted by Crippen LogP contribution is -2.50. The summed E-state index contributed by atoms with van der Waals surface area (Å²) in [5, 5.41) is 13.0. The van der Waals surface area contributed by atoms with Crippen molar-refractivity contribution in [3.05, 3.63) is 64.3 Å². The van der Waals surface area contributed by atoms with E-state index in [0.29, 0.717) is 73.3 Å². The average molecular weight is 552 g/mol. The molecular formula is C28H30ClN5O5. The number of hydrogen-bond donors (Lipinski definition) is 2. The number of halogens is 1. The summed E-state index contributed by atoms with van der Waals surface area (Å²) in [6.07, 6.45) is 0.421. The number of nitrogens with one attached hydrogen (secondary N) is 1. The summed E-state index contributed by atoms with van der Waals surface area (Å²) in [7, 11) is 1.46. The number of ether oxygens (including phenoxy) is 1. The number of aliphatic hydroxyl groups is 1. The van der Waals surface area contributed by atoms with Crippen molar-refractivity contribution in [3.63, 3.8) is 0 Å². The Bertz CT molecular complexity index is 1420. The van der Waals surface area contributed by atoms with Crippen LogP contribution in [0.15, 0.2) is 42.5 Å². The highest BCUT2D eigenvalue weighted by Crippen LogP contribution is 2.31. The molecule has 3 aromatic rings. The number of piperazine rings is 1. The topological polar surface area (TPSA) is 115 Å². The highest BCUT2D eigenvalue weighted by Gasteiger charge is 2.33. The van der Waals surface area contributed by atoms with Gasteiger partial charge in [-0.05, 0) is 24.3 Å². The second-order valence-electron chi connectivity index (χ2n) is 9.56. The number of hydrogen-bond acceptors (Lipinski definition) is 7. The second-order valence-corrected chi connectivity index (χ2v) is 10.00. The number of carbonyl (C=O) groups excluding carboxylic acids is 3. The zero-order valence-corrected chi connectivity index (χ0v) is 22.4. The third kappa shape index (κ3) is 5.54. The van der Waals surface area contributed by atoms with E-state index in [1.165, 1.54) is 18.1 Å². The molecule has 0 bridgehead atoms. The van der Waals surface area contributed by atoms with E-state index in [-0.39, 0.29) is 19.1 Å². The van der Waals surface area contributed by atoms with E-state index >= 15 is 0 Å². The normalized spacial score (nSPS) is 15.7. The van der Waals surface area contributed by atoms with Gasteiger partial charge in [0.25, 0.3) is 5.91 Å². The first-order valence-electron chi connectivity index (χ1n) is 12.9. The van der Waals surface area contributed by atoms with Crippen molar-refractivity contribution in [1.29, 1.82) is 0 Å². The van der Waals surface area contributed by atoms with Gasteiger partial charge < -0.3 is 25.0 Å². The quantitative estimate of drug-likeness (QED) is 0.467. The number of aliphatic hydroxyl groups excluding tert-OH is 1. The molecule has 1 aromatic heterocycles. The summed E-state index contributed by atoms with van der Waals surface area (Å²) in [4.78, 5) is 50.3. The van der Waals surface area contributed by atoms with Crippen LogP contribution in [0.2, 0.25) is 5.02 Å². The minimum Gasteiger partial charge on any atom is -0.495 e. The Kier molecular flexibility index (Phi) is 7.97. The van der Waals surface area contributed by atoms with Crippen LogP contribution in [0.4, 0.5) is 5.69 Å². The van der Waals surface area contributed by atoms with Crippen LogP contribution in [0.1, 0.15) is 21.6 Å². The number of β-amino-alcohol motifs (C(OH)–C–C–N with tert-alkyl or cyclic N) is 1. The Labute approximate surface area is 231 Å². The van der Waals surface area contributed by atoms with Gasteiger partial charge in [-0.2, -0.15) is 0 Å². The number of fused-ring (bicyclic) bond motifs is 2. The molecule has 10 nitrogen and oxygen atoms in total. The summed E-state index contributed by atoms with van der Waals surface area (Å²) in [6, 6.07) is 12.3. The van der Waals surface area contributed by atoms with Crippen LogP contribution >= 0.6 is 11.6 Å². The SMILES string of the molecule is COc1ccc(Cl)cc1NC(=O)C(=O)N1CCc2nc3ccccc3c(C(=O)N3CCN(CCO)CC3)c2C1. The van der Waals surface area contributed by atoms with Gasteiger partial charge in [0, 0.05) is 73.9 Å². The predicted octanol–water partition coefficient (Wildman–Crippen LogP) is 2.17. The second kappa shape index (κ2) is 11.6. The van der Waals surface area contributed by atoms with Crippen molar-refractivity contribution in [2.45, 2.75) is 13.0 Å². The highest BCUT2D eigenvalue weighted by molar-refractivity contribution is 6.40. The van der Waals surface area contributed by atoms with Gasteiger partial charge in [0.2, 0.25) is 0 Å². The molecule has 0 atom stereocenters. The first kappa shape index (κ1) is 26.9. The summed E-state index contributed by atoms with van der Waals surface area (Å²) >= 11 is 6.07. The predicted molar refractivity (Wildman–Crippen MR) is 147 cm³/mol. The van der Waals surface area contributed by atoms with E-state index in [2.05, 4.69) is 10.2 Å². The number of anilines is 1. The molecule has 0 unspecified atom stereocenters. The average Bonchev–Trinajstić information content (AvgIpc) is 2.95. The monoisotopic (exact) mass is 551 g/mol. The van der Waals surface area contributed by atoms with Gasteiger partial charge in [0.05, 0.1) is 30.5 Å². The van der Waals surface area contributed by atoms with Crippen LogP contribution in [0.5, 0.6) is 5.75 Å². The molecule has 3 heterocycles. The van der Waals surface area contributed by atoms with Crippen LogP contribution in [0.3, 0.4) is 0 Å². The smallest absolute Gasteiger partial charge is 0.314 e. The van der Waals surface area contributed by atoms with Crippen molar-refractivity contribution in [2.24, 2.45) is 0 Å². The maximum absolute atomic E-state index is 13.9. The maximum atomic E-state index is 13.9. The summed E-state index contributed by atoms with van der Waals surface area (Å²) in [5.41, 5.74) is 2.98. The molecule has 5 rings (SSSR count). The maximum Gasteiger partial charge on any atom is 0.314 e. The first-order chi connectivity index (χ1) is 18.9. The third-order valence-corrected chi connectivity index (χ3v) is 7.46. The number of benzene rings is 2. The van der Waals surface area contributed by atoms with Crippen molar-refractivity contribution < 1.29 is 24.2 Å². The van der Waals surface area contributed by atoms with Gasteiger partial charge in [-0.3, -0.25) is 24.3 Å². The third-order valence-electron chi connectivity index (χ3n) is 7.23. The number of para-hydroxylation sites is 1. The molecule has 2 aliphatic rings. The largest absolute Gasteiger partial charge is 0.495 e. The van der Waals surface area contributed by atoms with Gasteiger partial charge in [0.15, 0.2) is 0 Å². The van der Waals surface area contributed by atoms with Crippen LogP contribution in [-0.2, 0) is 22.6 Å². The lowest BCUT2D eigenvalue weighted by molar-refractivity contribution is -0.143. The standard InChI is InChI=1S/C28H30ClN5O5/c1-39-24-7-6-18(29)16-23(24)31-26(36)28(38)34-9-8-22-20(17-34)25(19-4-2-3-5-21(19)30-22)27(37)33-12-10-32(11-13-33)14-15-35/h2-7,16,35H,8-15,17H2,1H3,(H,31,36). The molecule has 11 heteroatoms. The summed E-state index contributed by atoms with van der Waals surface area (Å²) < 4.78 is 5.27. The highest BCUT2D eigenvalue weighted by atomic mass is 35.5. The minimum absolute atomic E-state index is 0.0813. The van der Waals surface area contributed by atoms with Crippen molar-refractivity contribution in [1.82, 2.24) is 19.7 Å². The number of aromatic nitrogens is 1. The molecule has 1 saturated heterocycles. The van der Waals surface area contributed by atoms with Gasteiger partial charge in [-0.1, -0.05) is 29.8 Å². The molecule has 0 saturated carbocycles. The Hall–Kier alpha value is -3.73. The lowest BCUT2D eigenvalue weighted by Gasteiger charge is -2.36. The zero-order valence-electron chi connectivity index (χ0n) is 21.7. The Morgan fingerprint density at radius 2 is 1.82 bits per heavy atom. The van der Waals surface area contributed by atoms with Crippen LogP contribution < -0.4 is 10.1 Å². The number of rotatable bonds is 5. The molecule has 0 aliphatic carbocycles. The van der Waals surface area contributed by atoms with E-state index in [9.17, 15) is 19.5 Å². The molecule has 3 amide bonds. The van der Waals surface area contributed by atoms with E-state index in [4.69, 9.17) is 21.3 Å². The number of amides is 3. The van der Waals surface area contributed by atoms with E-state index in [1.54, 1.807) is 12.1 Å². The van der Waals surface area contributed by atoms with Crippen LogP contribution in [0.25, 0.3) is 10.9 Å². The Morgan fingerprint density at radius 1 is 1.05 bits per heavy atom. The molecule has 0 radical (unpaired) electrons. The van der Waals surface area contributed by atoms with Gasteiger partial charge in [0.1, 0.15) is 5.75 Å². The molecule has 2 aromatic carbocycles. The van der Waals surface area contributed by atoms with Crippen molar-refractivity contribution in [2.75, 3.05) is 58.3 Å². The molecule has 1 fully saturated rings. The van der Waals surface area contributed by atoms with E-state index in [0.717, 1.165) is 16.6 Å². The number of pyridine rings is 1. The van der Waals surface area contributed by atoms with Crippen molar-refractivity contribution >= 4 is 45.9 Å². The minimum atomic E-state index is -0.819. The van der Waals surface area contributed by atoms with E-state index in [1.807, 2.05) is 29.2 Å². The van der Waals surface area contributed by atoms with E-state index < -0.39 is 11.8 Å². The Morgan fingerprint density at radius 3 is 2.56 bits per heavy atom. The molecular weight excluding hydrogens is 522 g/mol. The zero-order chi connectivity index (χ0) is 27.5. The van der Waals surface area contributed by atoms with Crippen molar-refractivity contribution in [3.8, 4) is 5.75 Å². The number of methoxy groups -OCH3 is 1. The fourth-order valence-electron chi connectivity index (χ4n) is 5.18. The summed E-state index contributed by atoms with van der Waals surface area (Å²) in [5.74, 6) is -1.27. The molecule has 39 heavy (non-hydrogen) atoms. The molecule has 0 spiro atoms. The van der Waals surface area contributed by atoms with Crippen LogP contribution in [0, 0.1) is 0 Å². The van der Waals surface area contributed by atoms with Gasteiger partial charge >= 0.3 is 11.8 Å². The molecule has 2 aliphatic heterocycles. The molecule has 204 valence electrons. The van der Waals surface area contributed by atoms with Gasteiger partial charge in [-0.25, -0.2) is 0 Å². The van der Waals surface area contributed by atoms with Crippen LogP contribution in [-0.4, -0.2) is 95.5 Å². The first-order valence-corrected chi connectivity index (χ1v) is 13.2.